The normalized spacial score (nSPS) is 12.2. The molecule has 0 aliphatic carbocycles. The minimum absolute atomic E-state index is 0.120. The largest absolute Gasteiger partial charge is 0.483 e. The number of nitrogens with one attached hydrogen (secondary N) is 1. The molecule has 0 unspecified atom stereocenters. The molecule has 0 aliphatic rings. The van der Waals surface area contributed by atoms with Crippen LogP contribution in [-0.4, -0.2) is 35.9 Å². The number of amides is 2. The van der Waals surface area contributed by atoms with Crippen LogP contribution in [0.2, 0.25) is 5.02 Å². The second-order valence-electron chi connectivity index (χ2n) is 8.22. The fourth-order valence-electron chi connectivity index (χ4n) is 3.15. The van der Waals surface area contributed by atoms with Crippen LogP contribution in [0.1, 0.15) is 45.7 Å². The van der Waals surface area contributed by atoms with Crippen LogP contribution < -0.4 is 10.1 Å². The second kappa shape index (κ2) is 10.5. The molecule has 1 atom stereocenters. The molecule has 0 saturated carbocycles. The first-order valence-corrected chi connectivity index (χ1v) is 10.6. The molecular weight excluding hydrogens is 400 g/mol. The van der Waals surface area contributed by atoms with Crippen LogP contribution in [0.15, 0.2) is 48.5 Å². The number of hydrogen-bond donors (Lipinski definition) is 1. The fourth-order valence-corrected chi connectivity index (χ4v) is 3.34. The van der Waals surface area contributed by atoms with E-state index in [0.29, 0.717) is 17.3 Å². The molecular formula is C24H31ClN2O3. The summed E-state index contributed by atoms with van der Waals surface area (Å²) in [5.41, 5.74) is 1.68. The molecule has 0 fully saturated rings. The number of ether oxygens (including phenoxy) is 1. The number of carbonyl (C=O) groups excluding carboxylic acids is 2. The highest BCUT2D eigenvalue weighted by Gasteiger charge is 2.27. The van der Waals surface area contributed by atoms with Crippen LogP contribution in [0, 0.1) is 0 Å². The molecule has 0 radical (unpaired) electrons. The third-order valence-corrected chi connectivity index (χ3v) is 5.23. The monoisotopic (exact) mass is 430 g/mol. The summed E-state index contributed by atoms with van der Waals surface area (Å²) in [6.45, 7) is 10.4. The van der Waals surface area contributed by atoms with Crippen molar-refractivity contribution in [1.29, 1.82) is 0 Å². The Morgan fingerprint density at radius 3 is 2.37 bits per heavy atom. The summed E-state index contributed by atoms with van der Waals surface area (Å²) in [4.78, 5) is 27.1. The Morgan fingerprint density at radius 1 is 1.10 bits per heavy atom. The van der Waals surface area contributed by atoms with Gasteiger partial charge in [0.15, 0.2) is 6.61 Å². The number of para-hydroxylation sites is 1. The van der Waals surface area contributed by atoms with E-state index in [1.165, 1.54) is 4.90 Å². The highest BCUT2D eigenvalue weighted by molar-refractivity contribution is 6.31. The molecule has 0 aliphatic heterocycles. The molecule has 162 valence electrons. The van der Waals surface area contributed by atoms with Gasteiger partial charge in [0.1, 0.15) is 11.8 Å². The van der Waals surface area contributed by atoms with Crippen molar-refractivity contribution in [2.75, 3.05) is 13.2 Å². The predicted octanol–water partition coefficient (Wildman–Crippen LogP) is 4.57. The molecule has 6 heteroatoms. The van der Waals surface area contributed by atoms with Crippen LogP contribution in [0.25, 0.3) is 0 Å². The zero-order valence-corrected chi connectivity index (χ0v) is 19.1. The van der Waals surface area contributed by atoms with Crippen molar-refractivity contribution in [2.45, 2.75) is 52.6 Å². The van der Waals surface area contributed by atoms with E-state index in [-0.39, 0.29) is 30.4 Å². The van der Waals surface area contributed by atoms with Gasteiger partial charge in [-0.25, -0.2) is 0 Å². The van der Waals surface area contributed by atoms with E-state index >= 15 is 0 Å². The van der Waals surface area contributed by atoms with Crippen LogP contribution >= 0.6 is 11.6 Å². The highest BCUT2D eigenvalue weighted by Crippen LogP contribution is 2.31. The standard InChI is InChI=1S/C24H31ClN2O3/c1-6-26-23(29)17(2)27(15-18-11-7-9-13-20(18)25)22(28)16-30-21-14-10-8-12-19(21)24(3,4)5/h7-14,17H,6,15-16H2,1-5H3,(H,26,29)/t17-/m0/s1. The minimum atomic E-state index is -0.657. The van der Waals surface area contributed by atoms with Crippen molar-refractivity contribution < 1.29 is 14.3 Å². The molecule has 1 N–H and O–H groups in total. The summed E-state index contributed by atoms with van der Waals surface area (Å²) in [6, 6.07) is 14.3. The Bertz CT molecular complexity index is 877. The number of carbonyl (C=O) groups is 2. The average molecular weight is 431 g/mol. The lowest BCUT2D eigenvalue weighted by Crippen LogP contribution is -2.49. The van der Waals surface area contributed by atoms with E-state index in [4.69, 9.17) is 16.3 Å². The lowest BCUT2D eigenvalue weighted by atomic mass is 9.86. The summed E-state index contributed by atoms with van der Waals surface area (Å²) < 4.78 is 5.91. The third kappa shape index (κ3) is 6.23. The van der Waals surface area contributed by atoms with Gasteiger partial charge in [0.05, 0.1) is 0 Å². The van der Waals surface area contributed by atoms with E-state index in [0.717, 1.165) is 11.1 Å². The van der Waals surface area contributed by atoms with Gasteiger partial charge in [0.25, 0.3) is 5.91 Å². The van der Waals surface area contributed by atoms with Gasteiger partial charge < -0.3 is 15.0 Å². The molecule has 2 amide bonds. The van der Waals surface area contributed by atoms with Gasteiger partial charge >= 0.3 is 0 Å². The molecule has 0 saturated heterocycles. The number of benzene rings is 2. The molecule has 30 heavy (non-hydrogen) atoms. The second-order valence-corrected chi connectivity index (χ2v) is 8.63. The summed E-state index contributed by atoms with van der Waals surface area (Å²) in [5, 5.41) is 3.33. The maximum absolute atomic E-state index is 13.1. The fraction of sp³-hybridized carbons (Fsp3) is 0.417. The van der Waals surface area contributed by atoms with Crippen molar-refractivity contribution in [1.82, 2.24) is 10.2 Å². The molecule has 5 nitrogen and oxygen atoms in total. The first-order chi connectivity index (χ1) is 14.1. The van der Waals surface area contributed by atoms with Crippen molar-refractivity contribution in [3.05, 3.63) is 64.7 Å². The van der Waals surface area contributed by atoms with E-state index in [2.05, 4.69) is 26.1 Å². The van der Waals surface area contributed by atoms with Crippen molar-refractivity contribution in [3.63, 3.8) is 0 Å². The van der Waals surface area contributed by atoms with Crippen LogP contribution in [0.3, 0.4) is 0 Å². The number of halogens is 1. The highest BCUT2D eigenvalue weighted by atomic mass is 35.5. The molecule has 2 rings (SSSR count). The van der Waals surface area contributed by atoms with E-state index < -0.39 is 6.04 Å². The number of hydrogen-bond acceptors (Lipinski definition) is 3. The Morgan fingerprint density at radius 2 is 1.73 bits per heavy atom. The van der Waals surface area contributed by atoms with Gasteiger partial charge in [0.2, 0.25) is 5.91 Å². The number of rotatable bonds is 8. The SMILES string of the molecule is CCNC(=O)[C@H](C)N(Cc1ccccc1Cl)C(=O)COc1ccccc1C(C)(C)C. The molecule has 0 bridgehead atoms. The topological polar surface area (TPSA) is 58.6 Å². The Balaban J connectivity index is 2.23. The zero-order valence-electron chi connectivity index (χ0n) is 18.4. The Kier molecular flexibility index (Phi) is 8.30. The smallest absolute Gasteiger partial charge is 0.261 e. The van der Waals surface area contributed by atoms with E-state index in [1.54, 1.807) is 13.0 Å². The Hall–Kier alpha value is -2.53. The maximum Gasteiger partial charge on any atom is 0.261 e. The van der Waals surface area contributed by atoms with E-state index in [9.17, 15) is 9.59 Å². The first kappa shape index (κ1) is 23.7. The quantitative estimate of drug-likeness (QED) is 0.667. The lowest BCUT2D eigenvalue weighted by Gasteiger charge is -2.29. The van der Waals surface area contributed by atoms with Crippen molar-refractivity contribution in [3.8, 4) is 5.75 Å². The van der Waals surface area contributed by atoms with Crippen LogP contribution in [0.5, 0.6) is 5.75 Å². The van der Waals surface area contributed by atoms with Gasteiger partial charge in [-0.05, 0) is 42.5 Å². The Labute approximate surface area is 184 Å². The lowest BCUT2D eigenvalue weighted by molar-refractivity contribution is -0.142. The maximum atomic E-state index is 13.1. The molecule has 2 aromatic carbocycles. The van der Waals surface area contributed by atoms with E-state index in [1.807, 2.05) is 49.4 Å². The van der Waals surface area contributed by atoms with Gasteiger partial charge in [-0.1, -0.05) is 68.8 Å². The van der Waals surface area contributed by atoms with Gasteiger partial charge in [-0.15, -0.1) is 0 Å². The molecule has 0 heterocycles. The first-order valence-electron chi connectivity index (χ1n) is 10.2. The summed E-state index contributed by atoms with van der Waals surface area (Å²) >= 11 is 6.29. The summed E-state index contributed by atoms with van der Waals surface area (Å²) in [6.07, 6.45) is 0. The third-order valence-electron chi connectivity index (χ3n) is 4.86. The summed E-state index contributed by atoms with van der Waals surface area (Å²) in [5.74, 6) is 0.173. The number of likely N-dealkylation sites (N-methyl/N-ethyl adjacent to an activating group) is 1. The molecule has 0 spiro atoms. The zero-order chi connectivity index (χ0) is 22.3. The predicted molar refractivity (Wildman–Crippen MR) is 121 cm³/mol. The summed E-state index contributed by atoms with van der Waals surface area (Å²) in [7, 11) is 0. The number of nitrogens with zero attached hydrogens (tertiary/aromatic N) is 1. The van der Waals surface area contributed by atoms with Crippen molar-refractivity contribution >= 4 is 23.4 Å². The van der Waals surface area contributed by atoms with Gasteiger partial charge in [-0.3, -0.25) is 9.59 Å². The van der Waals surface area contributed by atoms with Gasteiger partial charge in [0, 0.05) is 18.1 Å². The van der Waals surface area contributed by atoms with Crippen molar-refractivity contribution in [2.24, 2.45) is 0 Å². The van der Waals surface area contributed by atoms with Gasteiger partial charge in [-0.2, -0.15) is 0 Å². The molecule has 2 aromatic rings. The van der Waals surface area contributed by atoms with Crippen LogP contribution in [0.4, 0.5) is 0 Å². The van der Waals surface area contributed by atoms with Crippen LogP contribution in [-0.2, 0) is 21.5 Å². The minimum Gasteiger partial charge on any atom is -0.483 e. The average Bonchev–Trinajstić information content (AvgIpc) is 2.70. The molecule has 0 aromatic heterocycles.